The minimum Gasteiger partial charge on any atom is -0.503 e. The fraction of sp³-hybridized carbons (Fsp3) is 0.400. The van der Waals surface area contributed by atoms with Crippen molar-refractivity contribution in [3.63, 3.8) is 0 Å². The third kappa shape index (κ3) is 6.44. The van der Waals surface area contributed by atoms with E-state index < -0.39 is 23.5 Å². The quantitative estimate of drug-likeness (QED) is 0.332. The maximum absolute atomic E-state index is 13.4. The minimum absolute atomic E-state index is 0.0610. The van der Waals surface area contributed by atoms with Crippen molar-refractivity contribution in [1.29, 1.82) is 0 Å². The van der Waals surface area contributed by atoms with Crippen LogP contribution in [0.25, 0.3) is 6.08 Å². The van der Waals surface area contributed by atoms with E-state index in [1.54, 1.807) is 30.2 Å². The number of benzene rings is 2. The molecular weight excluding hydrogens is 484 g/mol. The van der Waals surface area contributed by atoms with Gasteiger partial charge in [-0.2, -0.15) is 0 Å². The topological polar surface area (TPSA) is 88.5 Å². The highest BCUT2D eigenvalue weighted by Crippen LogP contribution is 2.41. The van der Waals surface area contributed by atoms with Gasteiger partial charge in [0.1, 0.15) is 0 Å². The Morgan fingerprint density at radius 2 is 1.87 bits per heavy atom. The highest BCUT2D eigenvalue weighted by atomic mass is 16.5. The van der Waals surface area contributed by atoms with Crippen molar-refractivity contribution in [3.05, 3.63) is 77.1 Å². The van der Waals surface area contributed by atoms with Crippen LogP contribution in [0.1, 0.15) is 36.9 Å². The van der Waals surface area contributed by atoms with Gasteiger partial charge in [0, 0.05) is 26.2 Å². The summed E-state index contributed by atoms with van der Waals surface area (Å²) in [6.07, 6.45) is 5.02. The maximum Gasteiger partial charge on any atom is 0.290 e. The Labute approximate surface area is 224 Å². The van der Waals surface area contributed by atoms with Gasteiger partial charge >= 0.3 is 0 Å². The summed E-state index contributed by atoms with van der Waals surface area (Å²) < 4.78 is 16.9. The number of hydrogen-bond acceptors (Lipinski definition) is 7. The van der Waals surface area contributed by atoms with Crippen molar-refractivity contribution >= 4 is 17.8 Å². The lowest BCUT2D eigenvalue weighted by Crippen LogP contribution is -2.43. The van der Waals surface area contributed by atoms with Gasteiger partial charge in [-0.05, 0) is 35.8 Å². The number of rotatable bonds is 12. The summed E-state index contributed by atoms with van der Waals surface area (Å²) in [4.78, 5) is 30.5. The molecule has 1 unspecified atom stereocenters. The molecule has 0 spiro atoms. The smallest absolute Gasteiger partial charge is 0.290 e. The molecule has 2 aliphatic rings. The van der Waals surface area contributed by atoms with Gasteiger partial charge in [-0.15, -0.1) is 0 Å². The van der Waals surface area contributed by atoms with Crippen molar-refractivity contribution < 1.29 is 28.9 Å². The van der Waals surface area contributed by atoms with Crippen molar-refractivity contribution in [2.45, 2.75) is 25.8 Å². The van der Waals surface area contributed by atoms with E-state index in [0.29, 0.717) is 50.0 Å². The molecule has 0 bridgehead atoms. The summed E-state index contributed by atoms with van der Waals surface area (Å²) in [5.41, 5.74) is 1.58. The van der Waals surface area contributed by atoms with Crippen LogP contribution >= 0.6 is 0 Å². The number of aliphatic hydroxyl groups is 1. The summed E-state index contributed by atoms with van der Waals surface area (Å²) in [7, 11) is 1.56. The van der Waals surface area contributed by atoms with Crippen LogP contribution in [-0.4, -0.2) is 79.7 Å². The number of ether oxygens (including phenoxy) is 3. The third-order valence-corrected chi connectivity index (χ3v) is 6.82. The van der Waals surface area contributed by atoms with Crippen LogP contribution in [0.3, 0.4) is 0 Å². The second-order valence-electron chi connectivity index (χ2n) is 9.34. The monoisotopic (exact) mass is 520 g/mol. The summed E-state index contributed by atoms with van der Waals surface area (Å²) in [6.45, 7) is 6.45. The molecule has 8 heteroatoms. The highest BCUT2D eigenvalue weighted by Gasteiger charge is 2.43. The van der Waals surface area contributed by atoms with Crippen molar-refractivity contribution in [3.8, 4) is 11.5 Å². The van der Waals surface area contributed by atoms with E-state index >= 15 is 0 Å². The zero-order valence-corrected chi connectivity index (χ0v) is 22.1. The largest absolute Gasteiger partial charge is 0.503 e. The van der Waals surface area contributed by atoms with Crippen molar-refractivity contribution in [1.82, 2.24) is 9.80 Å². The van der Waals surface area contributed by atoms with E-state index in [9.17, 15) is 14.7 Å². The first-order valence-corrected chi connectivity index (χ1v) is 13.2. The van der Waals surface area contributed by atoms with E-state index in [-0.39, 0.29) is 5.57 Å². The molecule has 2 aliphatic heterocycles. The Bertz CT molecular complexity index is 1170. The number of morpholine rings is 1. The Morgan fingerprint density at radius 1 is 1.11 bits per heavy atom. The van der Waals surface area contributed by atoms with Crippen LogP contribution in [0, 0.1) is 0 Å². The predicted octanol–water partition coefficient (Wildman–Crippen LogP) is 4.18. The van der Waals surface area contributed by atoms with Crippen LogP contribution in [-0.2, 0) is 14.3 Å². The van der Waals surface area contributed by atoms with Crippen LogP contribution in [0.5, 0.6) is 11.5 Å². The lowest BCUT2D eigenvalue weighted by molar-refractivity contribution is -0.129. The summed E-state index contributed by atoms with van der Waals surface area (Å²) in [6, 6.07) is 14.1. The van der Waals surface area contributed by atoms with Gasteiger partial charge in [0.15, 0.2) is 23.0 Å². The molecule has 2 aromatic carbocycles. The number of methoxy groups -OCH3 is 1. The second kappa shape index (κ2) is 13.3. The number of carbonyl (C=O) groups is 2. The van der Waals surface area contributed by atoms with Crippen LogP contribution < -0.4 is 9.47 Å². The first kappa shape index (κ1) is 27.4. The van der Waals surface area contributed by atoms with E-state index in [2.05, 4.69) is 11.8 Å². The number of carbonyl (C=O) groups excluding carboxylic acids is 2. The van der Waals surface area contributed by atoms with Gasteiger partial charge in [-0.25, -0.2) is 0 Å². The first-order chi connectivity index (χ1) is 18.5. The number of amides is 1. The zero-order valence-electron chi connectivity index (χ0n) is 22.1. The maximum atomic E-state index is 13.4. The average Bonchev–Trinajstić information content (AvgIpc) is 3.21. The van der Waals surface area contributed by atoms with E-state index in [1.807, 2.05) is 36.4 Å². The normalized spacial score (nSPS) is 18.4. The molecule has 38 heavy (non-hydrogen) atoms. The molecule has 1 fully saturated rings. The molecule has 0 aliphatic carbocycles. The summed E-state index contributed by atoms with van der Waals surface area (Å²) >= 11 is 0. The van der Waals surface area contributed by atoms with Gasteiger partial charge in [-0.1, -0.05) is 55.8 Å². The number of ketones is 1. The molecule has 1 atom stereocenters. The number of unbranched alkanes of at least 4 members (excludes halogenated alkanes) is 1. The first-order valence-electron chi connectivity index (χ1n) is 13.2. The Morgan fingerprint density at radius 3 is 2.58 bits per heavy atom. The molecule has 1 saturated heterocycles. The molecular formula is C30H36N2O6. The predicted molar refractivity (Wildman–Crippen MR) is 145 cm³/mol. The van der Waals surface area contributed by atoms with Crippen LogP contribution in [0.4, 0.5) is 0 Å². The van der Waals surface area contributed by atoms with Crippen LogP contribution in [0.2, 0.25) is 0 Å². The van der Waals surface area contributed by atoms with Crippen molar-refractivity contribution in [2.75, 3.05) is 53.1 Å². The highest BCUT2D eigenvalue weighted by molar-refractivity contribution is 6.14. The Balaban J connectivity index is 1.65. The zero-order chi connectivity index (χ0) is 26.9. The Hall–Kier alpha value is -3.62. The molecule has 1 N–H and O–H groups in total. The molecule has 0 radical (unpaired) electrons. The minimum atomic E-state index is -0.755. The van der Waals surface area contributed by atoms with Crippen molar-refractivity contribution in [2.24, 2.45) is 0 Å². The average molecular weight is 521 g/mol. The lowest BCUT2D eigenvalue weighted by Gasteiger charge is -2.31. The number of nitrogens with zero attached hydrogens (tertiary/aromatic N) is 2. The molecule has 2 heterocycles. The fourth-order valence-electron chi connectivity index (χ4n) is 4.68. The van der Waals surface area contributed by atoms with E-state index in [4.69, 9.17) is 14.2 Å². The molecule has 2 aromatic rings. The molecule has 0 aromatic heterocycles. The van der Waals surface area contributed by atoms with E-state index in [0.717, 1.165) is 31.5 Å². The van der Waals surface area contributed by atoms with Gasteiger partial charge in [0.25, 0.3) is 5.91 Å². The SMILES string of the molecule is CCCCOc1ccc(C2C(C(=O)C=Cc3ccccc3)=C(O)C(=O)N2CCN2CCOCC2)cc1OC. The molecule has 0 saturated carbocycles. The third-order valence-electron chi connectivity index (χ3n) is 6.82. The van der Waals surface area contributed by atoms with Gasteiger partial charge in [-0.3, -0.25) is 14.5 Å². The summed E-state index contributed by atoms with van der Waals surface area (Å²) in [5, 5.41) is 10.9. The number of aliphatic hydroxyl groups excluding tert-OH is 1. The second-order valence-corrected chi connectivity index (χ2v) is 9.34. The number of hydrogen-bond donors (Lipinski definition) is 1. The molecule has 1 amide bonds. The van der Waals surface area contributed by atoms with Gasteiger partial charge in [0.2, 0.25) is 0 Å². The standard InChI is InChI=1S/C30H36N2O6/c1-3-4-18-38-25-13-11-23(21-26(25)36-2)28-27(24(33)12-10-22-8-6-5-7-9-22)29(34)30(35)32(28)15-14-31-16-19-37-20-17-31/h5-13,21,28,34H,3-4,14-20H2,1-2H3. The van der Waals surface area contributed by atoms with Gasteiger partial charge in [0.05, 0.1) is 38.5 Å². The molecule has 4 rings (SSSR count). The number of allylic oxidation sites excluding steroid dienone is 1. The summed E-state index contributed by atoms with van der Waals surface area (Å²) in [5.74, 6) is -0.374. The molecule has 202 valence electrons. The van der Waals surface area contributed by atoms with E-state index in [1.165, 1.54) is 6.08 Å². The van der Waals surface area contributed by atoms with Crippen LogP contribution in [0.15, 0.2) is 65.9 Å². The molecule has 8 nitrogen and oxygen atoms in total. The fourth-order valence-corrected chi connectivity index (χ4v) is 4.68. The lowest BCUT2D eigenvalue weighted by atomic mass is 9.95. The Kier molecular flexibility index (Phi) is 9.56. The van der Waals surface area contributed by atoms with Gasteiger partial charge < -0.3 is 24.2 Å².